The third-order valence-electron chi connectivity index (χ3n) is 2.70. The molecule has 1 saturated heterocycles. The van der Waals surface area contributed by atoms with Gasteiger partial charge in [0.1, 0.15) is 12.6 Å². The zero-order valence-electron chi connectivity index (χ0n) is 9.71. The van der Waals surface area contributed by atoms with Crippen LogP contribution in [-0.4, -0.2) is 36.6 Å². The fraction of sp³-hybridized carbons (Fsp3) is 0.250. The van der Waals surface area contributed by atoms with E-state index in [1.807, 2.05) is 6.07 Å². The number of anilines is 1. The molecule has 1 fully saturated rings. The van der Waals surface area contributed by atoms with E-state index in [0.29, 0.717) is 11.3 Å². The zero-order valence-corrected chi connectivity index (χ0v) is 9.71. The summed E-state index contributed by atoms with van der Waals surface area (Å²) in [7, 11) is 1.51. The molecule has 0 aromatic heterocycles. The van der Waals surface area contributed by atoms with E-state index >= 15 is 0 Å². The summed E-state index contributed by atoms with van der Waals surface area (Å²) < 4.78 is 4.76. The largest absolute Gasteiger partial charge is 0.447 e. The normalized spacial score (nSPS) is 18.1. The summed E-state index contributed by atoms with van der Waals surface area (Å²) in [4.78, 5) is 24.2. The molecule has 1 aromatic carbocycles. The molecule has 1 atom stereocenters. The summed E-state index contributed by atoms with van der Waals surface area (Å²) in [5.41, 5.74) is 1.09. The maximum absolute atomic E-state index is 11.9. The average Bonchev–Trinajstić information content (AvgIpc) is 2.71. The molecule has 1 N–H and O–H groups in total. The Morgan fingerprint density at radius 1 is 1.50 bits per heavy atom. The van der Waals surface area contributed by atoms with Gasteiger partial charge in [0, 0.05) is 12.7 Å². The predicted molar refractivity (Wildman–Crippen MR) is 62.7 cm³/mol. The van der Waals surface area contributed by atoms with Gasteiger partial charge in [0.15, 0.2) is 0 Å². The van der Waals surface area contributed by atoms with Gasteiger partial charge in [-0.25, -0.2) is 4.79 Å². The van der Waals surface area contributed by atoms with Gasteiger partial charge in [0.05, 0.1) is 11.6 Å². The van der Waals surface area contributed by atoms with Gasteiger partial charge >= 0.3 is 6.09 Å². The third kappa shape index (κ3) is 2.25. The van der Waals surface area contributed by atoms with Gasteiger partial charge in [-0.15, -0.1) is 0 Å². The predicted octanol–water partition coefficient (Wildman–Crippen LogP) is 0.947. The van der Waals surface area contributed by atoms with E-state index in [1.54, 1.807) is 24.3 Å². The number of cyclic esters (lactones) is 1. The van der Waals surface area contributed by atoms with Crippen LogP contribution in [-0.2, 0) is 9.53 Å². The van der Waals surface area contributed by atoms with Crippen molar-refractivity contribution >= 4 is 17.7 Å². The van der Waals surface area contributed by atoms with Crippen LogP contribution in [0.3, 0.4) is 0 Å². The third-order valence-corrected chi connectivity index (χ3v) is 2.70. The van der Waals surface area contributed by atoms with Crippen molar-refractivity contribution in [2.75, 3.05) is 19.0 Å². The zero-order chi connectivity index (χ0) is 13.1. The number of nitrogens with zero attached hydrogens (tertiary/aromatic N) is 2. The minimum absolute atomic E-state index is 0.0530. The molecule has 1 aromatic rings. The standard InChI is InChI=1S/C12H11N3O3/c1-15-10(7-18-12(15)17)11(16)14-9-4-2-8(6-13)3-5-9/h2-5,10H,7H2,1H3,(H,14,16). The Labute approximate surface area is 104 Å². The molecule has 1 heterocycles. The first kappa shape index (κ1) is 11.9. The Bertz CT molecular complexity index is 518. The lowest BCUT2D eigenvalue weighted by Crippen LogP contribution is -2.40. The van der Waals surface area contributed by atoms with Crippen molar-refractivity contribution in [2.24, 2.45) is 0 Å². The second-order valence-electron chi connectivity index (χ2n) is 3.88. The lowest BCUT2D eigenvalue weighted by Gasteiger charge is -2.15. The molecule has 0 spiro atoms. The Morgan fingerprint density at radius 2 is 2.17 bits per heavy atom. The van der Waals surface area contributed by atoms with E-state index in [4.69, 9.17) is 10.00 Å². The SMILES string of the molecule is CN1C(=O)OCC1C(=O)Nc1ccc(C#N)cc1. The molecule has 1 unspecified atom stereocenters. The second-order valence-corrected chi connectivity index (χ2v) is 3.88. The molecular weight excluding hydrogens is 234 g/mol. The van der Waals surface area contributed by atoms with Gasteiger partial charge in [0.25, 0.3) is 5.91 Å². The van der Waals surface area contributed by atoms with Crippen LogP contribution in [0.15, 0.2) is 24.3 Å². The van der Waals surface area contributed by atoms with Crippen LogP contribution in [0, 0.1) is 11.3 Å². The lowest BCUT2D eigenvalue weighted by molar-refractivity contribution is -0.119. The second kappa shape index (κ2) is 4.75. The van der Waals surface area contributed by atoms with Gasteiger partial charge in [-0.3, -0.25) is 9.69 Å². The first-order valence-corrected chi connectivity index (χ1v) is 5.32. The fourth-order valence-electron chi connectivity index (χ4n) is 1.60. The van der Waals surface area contributed by atoms with Crippen molar-refractivity contribution < 1.29 is 14.3 Å². The molecule has 1 aliphatic heterocycles. The Kier molecular flexibility index (Phi) is 3.15. The molecular formula is C12H11N3O3. The number of nitriles is 1. The summed E-state index contributed by atoms with van der Waals surface area (Å²) >= 11 is 0. The summed E-state index contributed by atoms with van der Waals surface area (Å²) in [6.07, 6.45) is -0.505. The van der Waals surface area contributed by atoms with E-state index < -0.39 is 12.1 Å². The van der Waals surface area contributed by atoms with Crippen LogP contribution in [0.25, 0.3) is 0 Å². The highest BCUT2D eigenvalue weighted by Gasteiger charge is 2.35. The molecule has 0 saturated carbocycles. The molecule has 6 nitrogen and oxygen atoms in total. The summed E-state index contributed by atoms with van der Waals surface area (Å²) in [6, 6.07) is 7.85. The highest BCUT2D eigenvalue weighted by atomic mass is 16.6. The minimum atomic E-state index is -0.617. The highest BCUT2D eigenvalue weighted by Crippen LogP contribution is 2.14. The smallest absolute Gasteiger partial charge is 0.410 e. The summed E-state index contributed by atoms with van der Waals surface area (Å²) in [6.45, 7) is 0.0530. The van der Waals surface area contributed by atoms with Crippen molar-refractivity contribution in [3.8, 4) is 6.07 Å². The van der Waals surface area contributed by atoms with Crippen molar-refractivity contribution in [1.29, 1.82) is 5.26 Å². The summed E-state index contributed by atoms with van der Waals surface area (Å²) in [5.74, 6) is -0.312. The van der Waals surface area contributed by atoms with Gasteiger partial charge in [0.2, 0.25) is 0 Å². The van der Waals surface area contributed by atoms with Gasteiger partial charge in [-0.1, -0.05) is 0 Å². The number of rotatable bonds is 2. The molecule has 0 aliphatic carbocycles. The van der Waals surface area contributed by atoms with Crippen LogP contribution in [0.2, 0.25) is 0 Å². The van der Waals surface area contributed by atoms with Crippen LogP contribution in [0.4, 0.5) is 10.5 Å². The Morgan fingerprint density at radius 3 is 2.67 bits per heavy atom. The van der Waals surface area contributed by atoms with Crippen molar-refractivity contribution in [3.05, 3.63) is 29.8 Å². The lowest BCUT2D eigenvalue weighted by atomic mass is 10.2. The van der Waals surface area contributed by atoms with Crippen LogP contribution in [0.1, 0.15) is 5.56 Å². The topological polar surface area (TPSA) is 82.4 Å². The molecule has 2 rings (SSSR count). The number of nitrogens with one attached hydrogen (secondary N) is 1. The maximum Gasteiger partial charge on any atom is 0.410 e. The van der Waals surface area contributed by atoms with Crippen molar-refractivity contribution in [3.63, 3.8) is 0 Å². The minimum Gasteiger partial charge on any atom is -0.447 e. The van der Waals surface area contributed by atoms with Crippen molar-refractivity contribution in [2.45, 2.75) is 6.04 Å². The first-order valence-electron chi connectivity index (χ1n) is 5.32. The van der Waals surface area contributed by atoms with Crippen LogP contribution >= 0.6 is 0 Å². The van der Waals surface area contributed by atoms with E-state index in [1.165, 1.54) is 11.9 Å². The van der Waals surface area contributed by atoms with Crippen LogP contribution in [0.5, 0.6) is 0 Å². The molecule has 0 bridgehead atoms. The number of hydrogen-bond donors (Lipinski definition) is 1. The number of hydrogen-bond acceptors (Lipinski definition) is 4. The Balaban J connectivity index is 2.03. The summed E-state index contributed by atoms with van der Waals surface area (Å²) in [5, 5.41) is 11.3. The number of amides is 2. The van der Waals surface area contributed by atoms with Gasteiger partial charge < -0.3 is 10.1 Å². The fourth-order valence-corrected chi connectivity index (χ4v) is 1.60. The number of carbonyl (C=O) groups excluding carboxylic acids is 2. The van der Waals surface area contributed by atoms with Crippen molar-refractivity contribution in [1.82, 2.24) is 4.90 Å². The molecule has 18 heavy (non-hydrogen) atoms. The Hall–Kier alpha value is -2.55. The maximum atomic E-state index is 11.9. The average molecular weight is 245 g/mol. The van der Waals surface area contributed by atoms with E-state index in [-0.39, 0.29) is 12.5 Å². The molecule has 0 radical (unpaired) electrons. The first-order chi connectivity index (χ1) is 8.61. The van der Waals surface area contributed by atoms with E-state index in [2.05, 4.69) is 5.32 Å². The van der Waals surface area contributed by atoms with Gasteiger partial charge in [-0.05, 0) is 24.3 Å². The quantitative estimate of drug-likeness (QED) is 0.840. The number of likely N-dealkylation sites (N-methyl/N-ethyl adjacent to an activating group) is 1. The highest BCUT2D eigenvalue weighted by molar-refractivity contribution is 5.97. The monoisotopic (exact) mass is 245 g/mol. The van der Waals surface area contributed by atoms with E-state index in [9.17, 15) is 9.59 Å². The van der Waals surface area contributed by atoms with E-state index in [0.717, 1.165) is 0 Å². The number of ether oxygens (including phenoxy) is 1. The number of benzene rings is 1. The van der Waals surface area contributed by atoms with Gasteiger partial charge in [-0.2, -0.15) is 5.26 Å². The molecule has 1 aliphatic rings. The number of carbonyl (C=O) groups is 2. The molecule has 2 amide bonds. The molecule has 6 heteroatoms. The van der Waals surface area contributed by atoms with Crippen LogP contribution < -0.4 is 5.32 Å². The molecule has 92 valence electrons.